The van der Waals surface area contributed by atoms with Gasteiger partial charge in [0.25, 0.3) is 0 Å². The molecule has 3 fully saturated rings. The number of carboxylic acid groups (broad SMARTS) is 1. The third-order valence-corrected chi connectivity index (χ3v) is 6.63. The lowest BCUT2D eigenvalue weighted by Gasteiger charge is -2.27. The molecule has 0 unspecified atom stereocenters. The van der Waals surface area contributed by atoms with Crippen LogP contribution in [0.5, 0.6) is 0 Å². The normalized spacial score (nSPS) is 27.5. The molecular formula is C23H36N2O5. The average molecular weight is 421 g/mol. The molecular weight excluding hydrogens is 384 g/mol. The van der Waals surface area contributed by atoms with Crippen molar-refractivity contribution < 1.29 is 24.2 Å². The predicted molar refractivity (Wildman–Crippen MR) is 113 cm³/mol. The summed E-state index contributed by atoms with van der Waals surface area (Å²) < 4.78 is 6.15. The van der Waals surface area contributed by atoms with Gasteiger partial charge in [0.1, 0.15) is 0 Å². The van der Waals surface area contributed by atoms with Crippen LogP contribution in [0, 0.1) is 17.8 Å². The maximum Gasteiger partial charge on any atom is 0.309 e. The van der Waals surface area contributed by atoms with Gasteiger partial charge in [0.2, 0.25) is 0 Å². The first-order valence-corrected chi connectivity index (χ1v) is 11.6. The van der Waals surface area contributed by atoms with Crippen molar-refractivity contribution in [2.45, 2.75) is 82.8 Å². The zero-order valence-corrected chi connectivity index (χ0v) is 17.8. The number of carbonyl (C=O) groups is 3. The molecule has 0 aromatic heterocycles. The fourth-order valence-corrected chi connectivity index (χ4v) is 4.77. The van der Waals surface area contributed by atoms with Crippen LogP contribution in [-0.2, 0) is 19.1 Å². The Morgan fingerprint density at radius 2 is 1.63 bits per heavy atom. The summed E-state index contributed by atoms with van der Waals surface area (Å²) >= 11 is 0. The number of ether oxygens (including phenoxy) is 1. The first-order valence-electron chi connectivity index (χ1n) is 11.6. The van der Waals surface area contributed by atoms with Crippen LogP contribution in [0.15, 0.2) is 12.2 Å². The van der Waals surface area contributed by atoms with Gasteiger partial charge in [-0.25, -0.2) is 0 Å². The van der Waals surface area contributed by atoms with Crippen LogP contribution in [0.4, 0.5) is 0 Å². The van der Waals surface area contributed by atoms with Gasteiger partial charge < -0.3 is 20.5 Å². The number of carboxylic acids is 1. The van der Waals surface area contributed by atoms with Gasteiger partial charge in [0, 0.05) is 19.5 Å². The predicted octanol–water partition coefficient (Wildman–Crippen LogP) is 2.79. The van der Waals surface area contributed by atoms with Gasteiger partial charge in [-0.3, -0.25) is 14.4 Å². The number of carbonyl (C=O) groups excluding carboxylic acids is 2. The molecule has 1 aliphatic carbocycles. The highest BCUT2D eigenvalue weighted by Gasteiger charge is 2.47. The van der Waals surface area contributed by atoms with Gasteiger partial charge in [-0.1, -0.05) is 18.6 Å². The Kier molecular flexibility index (Phi) is 8.73. The molecule has 0 aromatic carbocycles. The summed E-state index contributed by atoms with van der Waals surface area (Å²) in [5.74, 6) is -0.103. The summed E-state index contributed by atoms with van der Waals surface area (Å²) in [7, 11) is 0. The lowest BCUT2D eigenvalue weighted by atomic mass is 9.75. The largest absolute Gasteiger partial charge is 0.481 e. The second kappa shape index (κ2) is 11.5. The van der Waals surface area contributed by atoms with Crippen LogP contribution >= 0.6 is 0 Å². The Bertz CT molecular complexity index is 631. The summed E-state index contributed by atoms with van der Waals surface area (Å²) in [4.78, 5) is 34.1. The third kappa shape index (κ3) is 7.11. The summed E-state index contributed by atoms with van der Waals surface area (Å²) in [6, 6.07) is 0. The van der Waals surface area contributed by atoms with Crippen molar-refractivity contribution in [2.24, 2.45) is 17.8 Å². The number of allylic oxidation sites excluding steroid dienone is 2. The first kappa shape index (κ1) is 22.8. The SMILES string of the molecule is O=C(O)CCC/C=C\C[C@@H]1[C@H](CCCCNC(=O)C(=O)NCC2CC2)[C@@H]2CC[C@H]1O2. The van der Waals surface area contributed by atoms with Crippen LogP contribution in [0.2, 0.25) is 0 Å². The Balaban J connectivity index is 1.29. The fraction of sp³-hybridized carbons (Fsp3) is 0.783. The maximum absolute atomic E-state index is 11.8. The summed E-state index contributed by atoms with van der Waals surface area (Å²) in [5.41, 5.74) is 0. The van der Waals surface area contributed by atoms with Crippen LogP contribution in [0.1, 0.15) is 70.6 Å². The number of rotatable bonds is 13. The molecule has 2 aliphatic heterocycles. The van der Waals surface area contributed by atoms with Crippen molar-refractivity contribution in [3.8, 4) is 0 Å². The number of fused-ring (bicyclic) bond motifs is 2. The molecule has 0 spiro atoms. The van der Waals surface area contributed by atoms with Crippen LogP contribution in [0.3, 0.4) is 0 Å². The van der Waals surface area contributed by atoms with Gasteiger partial charge in [-0.15, -0.1) is 0 Å². The van der Waals surface area contributed by atoms with Crippen LogP contribution in [0.25, 0.3) is 0 Å². The molecule has 2 amide bonds. The topological polar surface area (TPSA) is 105 Å². The minimum absolute atomic E-state index is 0.225. The molecule has 2 heterocycles. The van der Waals surface area contributed by atoms with E-state index >= 15 is 0 Å². The Morgan fingerprint density at radius 1 is 0.900 bits per heavy atom. The van der Waals surface area contributed by atoms with Crippen molar-refractivity contribution in [3.63, 3.8) is 0 Å². The second-order valence-electron chi connectivity index (χ2n) is 9.02. The van der Waals surface area contributed by atoms with E-state index in [1.165, 1.54) is 0 Å². The monoisotopic (exact) mass is 420 g/mol. The second-order valence-corrected chi connectivity index (χ2v) is 9.02. The van der Waals surface area contributed by atoms with Gasteiger partial charge in [-0.2, -0.15) is 0 Å². The maximum atomic E-state index is 11.8. The number of unbranched alkanes of at least 4 members (excludes halogenated alkanes) is 2. The van der Waals surface area contributed by atoms with E-state index in [-0.39, 0.29) is 6.42 Å². The number of amides is 2. The van der Waals surface area contributed by atoms with E-state index < -0.39 is 17.8 Å². The molecule has 4 atom stereocenters. The van der Waals surface area contributed by atoms with E-state index in [1.54, 1.807) is 0 Å². The number of aliphatic carboxylic acids is 1. The summed E-state index contributed by atoms with van der Waals surface area (Å²) in [6.45, 7) is 1.15. The van der Waals surface area contributed by atoms with Crippen molar-refractivity contribution in [1.82, 2.24) is 10.6 Å². The van der Waals surface area contributed by atoms with Crippen molar-refractivity contribution in [2.75, 3.05) is 13.1 Å². The molecule has 3 rings (SSSR count). The Labute approximate surface area is 179 Å². The molecule has 30 heavy (non-hydrogen) atoms. The van der Waals surface area contributed by atoms with E-state index in [0.717, 1.165) is 57.8 Å². The molecule has 3 aliphatic rings. The minimum Gasteiger partial charge on any atom is -0.481 e. The quantitative estimate of drug-likeness (QED) is 0.241. The number of hydrogen-bond acceptors (Lipinski definition) is 4. The lowest BCUT2D eigenvalue weighted by Crippen LogP contribution is -2.41. The Morgan fingerprint density at radius 3 is 2.37 bits per heavy atom. The average Bonchev–Trinajstić information content (AvgIpc) is 3.34. The minimum atomic E-state index is -0.736. The fourth-order valence-electron chi connectivity index (χ4n) is 4.77. The van der Waals surface area contributed by atoms with Crippen molar-refractivity contribution >= 4 is 17.8 Å². The van der Waals surface area contributed by atoms with E-state index in [9.17, 15) is 14.4 Å². The molecule has 7 nitrogen and oxygen atoms in total. The third-order valence-electron chi connectivity index (χ3n) is 6.63. The van der Waals surface area contributed by atoms with Gasteiger partial charge in [-0.05, 0) is 75.5 Å². The standard InChI is InChI=1S/C23H36N2O5/c26-21(27)9-4-2-1-3-7-17-18(20-13-12-19(17)30-20)8-5-6-14-24-22(28)23(29)25-15-16-10-11-16/h1,3,16-20H,2,4-15H2,(H,24,28)(H,25,29)(H,26,27)/b3-1-/t17-,18+,19-,20+/m1/s1. The van der Waals surface area contributed by atoms with E-state index in [1.807, 2.05) is 0 Å². The highest BCUT2D eigenvalue weighted by Crippen LogP contribution is 2.47. The summed E-state index contributed by atoms with van der Waals surface area (Å²) in [6.07, 6.45) is 15.3. The lowest BCUT2D eigenvalue weighted by molar-refractivity contribution is -0.139. The molecule has 2 saturated heterocycles. The van der Waals surface area contributed by atoms with Crippen LogP contribution < -0.4 is 10.6 Å². The molecule has 0 radical (unpaired) electrons. The molecule has 7 heteroatoms. The van der Waals surface area contributed by atoms with E-state index in [0.29, 0.717) is 49.5 Å². The van der Waals surface area contributed by atoms with Gasteiger partial charge in [0.15, 0.2) is 0 Å². The first-order chi connectivity index (χ1) is 14.5. The van der Waals surface area contributed by atoms with E-state index in [4.69, 9.17) is 9.84 Å². The van der Waals surface area contributed by atoms with Gasteiger partial charge >= 0.3 is 17.8 Å². The summed E-state index contributed by atoms with van der Waals surface area (Å²) in [5, 5.41) is 14.1. The molecule has 0 aromatic rings. The van der Waals surface area contributed by atoms with E-state index in [2.05, 4.69) is 22.8 Å². The molecule has 1 saturated carbocycles. The van der Waals surface area contributed by atoms with Crippen LogP contribution in [-0.4, -0.2) is 48.2 Å². The number of hydrogen-bond donors (Lipinski definition) is 3. The van der Waals surface area contributed by atoms with Crippen molar-refractivity contribution in [1.29, 1.82) is 0 Å². The zero-order chi connectivity index (χ0) is 21.3. The Hall–Kier alpha value is -1.89. The zero-order valence-electron chi connectivity index (χ0n) is 17.8. The smallest absolute Gasteiger partial charge is 0.309 e. The number of nitrogens with one attached hydrogen (secondary N) is 2. The molecule has 3 N–H and O–H groups in total. The van der Waals surface area contributed by atoms with Gasteiger partial charge in [0.05, 0.1) is 12.2 Å². The highest BCUT2D eigenvalue weighted by molar-refractivity contribution is 6.35. The molecule has 168 valence electrons. The van der Waals surface area contributed by atoms with Crippen molar-refractivity contribution in [3.05, 3.63) is 12.2 Å². The highest BCUT2D eigenvalue weighted by atomic mass is 16.5. The molecule has 2 bridgehead atoms.